The van der Waals surface area contributed by atoms with Gasteiger partial charge in [0.2, 0.25) is 0 Å². The van der Waals surface area contributed by atoms with Gasteiger partial charge in [0.15, 0.2) is 0 Å². The molecule has 0 atom stereocenters. The maximum atomic E-state index is 3.33. The van der Waals surface area contributed by atoms with E-state index in [0.29, 0.717) is 0 Å². The molecule has 0 unspecified atom stereocenters. The zero-order valence-corrected chi connectivity index (χ0v) is 8.89. The second-order valence-corrected chi connectivity index (χ2v) is 3.43. The van der Waals surface area contributed by atoms with Crippen molar-refractivity contribution in [2.75, 3.05) is 12.0 Å². The summed E-state index contributed by atoms with van der Waals surface area (Å²) in [4.78, 5) is 0. The summed E-state index contributed by atoms with van der Waals surface area (Å²) in [5.74, 6) is 0. The molecule has 1 rings (SSSR count). The van der Waals surface area contributed by atoms with E-state index in [2.05, 4.69) is 52.4 Å². The highest BCUT2D eigenvalue weighted by molar-refractivity contribution is 9.09. The van der Waals surface area contributed by atoms with Gasteiger partial charge in [0.1, 0.15) is 0 Å². The van der Waals surface area contributed by atoms with Crippen LogP contribution in [0.2, 0.25) is 0 Å². The van der Waals surface area contributed by atoms with Crippen LogP contribution in [0.3, 0.4) is 0 Å². The molecule has 0 radical (unpaired) electrons. The molecule has 0 aromatic heterocycles. The van der Waals surface area contributed by atoms with E-state index in [1.807, 2.05) is 0 Å². The first-order valence-electron chi connectivity index (χ1n) is 4.15. The molecule has 0 saturated carbocycles. The lowest BCUT2D eigenvalue weighted by atomic mass is 10.1. The van der Waals surface area contributed by atoms with Crippen LogP contribution in [-0.4, -0.2) is 12.0 Å². The highest BCUT2D eigenvalue weighted by Gasteiger charge is 1.91. The van der Waals surface area contributed by atoms with Crippen molar-refractivity contribution in [3.63, 3.8) is 0 Å². The van der Waals surface area contributed by atoms with Crippen LogP contribution in [-0.2, 0) is 6.42 Å². The number of rotatable bonds is 4. The van der Waals surface area contributed by atoms with Crippen molar-refractivity contribution in [3.05, 3.63) is 35.4 Å². The van der Waals surface area contributed by atoms with E-state index in [9.17, 15) is 0 Å². The zero-order valence-electron chi connectivity index (χ0n) is 7.31. The summed E-state index contributed by atoms with van der Waals surface area (Å²) < 4.78 is 0. The number of nitrogens with one attached hydrogen (secondary N) is 1. The maximum Gasteiger partial charge on any atom is 0.0517 e. The van der Waals surface area contributed by atoms with Crippen molar-refractivity contribution >= 4 is 15.9 Å². The molecule has 0 spiro atoms. The average Bonchev–Trinajstić information content (AvgIpc) is 2.05. The van der Waals surface area contributed by atoms with Crippen LogP contribution in [0.4, 0.5) is 0 Å². The van der Waals surface area contributed by atoms with Crippen molar-refractivity contribution in [2.24, 2.45) is 0 Å². The quantitative estimate of drug-likeness (QED) is 0.474. The molecule has 0 heterocycles. The monoisotopic (exact) mass is 227 g/mol. The van der Waals surface area contributed by atoms with Gasteiger partial charge in [0, 0.05) is 0 Å². The van der Waals surface area contributed by atoms with Gasteiger partial charge < -0.3 is 5.32 Å². The van der Waals surface area contributed by atoms with Crippen LogP contribution >= 0.6 is 15.9 Å². The van der Waals surface area contributed by atoms with E-state index in [4.69, 9.17) is 0 Å². The predicted octanol–water partition coefficient (Wildman–Crippen LogP) is 2.48. The smallest absolute Gasteiger partial charge is 0.0517 e. The van der Waals surface area contributed by atoms with Crippen LogP contribution in [0.5, 0.6) is 0 Å². The van der Waals surface area contributed by atoms with Gasteiger partial charge in [0.25, 0.3) is 0 Å². The van der Waals surface area contributed by atoms with Crippen LogP contribution in [0, 0.1) is 6.92 Å². The Morgan fingerprint density at radius 1 is 1.42 bits per heavy atom. The number of aryl methyl sites for hydroxylation is 1. The lowest BCUT2D eigenvalue weighted by Crippen LogP contribution is -2.14. The van der Waals surface area contributed by atoms with Crippen molar-refractivity contribution in [1.82, 2.24) is 5.32 Å². The second kappa shape index (κ2) is 5.33. The topological polar surface area (TPSA) is 12.0 Å². The minimum absolute atomic E-state index is 0.874. The Labute approximate surface area is 82.3 Å². The summed E-state index contributed by atoms with van der Waals surface area (Å²) in [6, 6.07) is 8.64. The van der Waals surface area contributed by atoms with Gasteiger partial charge >= 0.3 is 0 Å². The van der Waals surface area contributed by atoms with Gasteiger partial charge in [-0.2, -0.15) is 0 Å². The lowest BCUT2D eigenvalue weighted by Gasteiger charge is -2.02. The molecule has 0 fully saturated rings. The molecule has 1 N–H and O–H groups in total. The molecule has 66 valence electrons. The highest BCUT2D eigenvalue weighted by Crippen LogP contribution is 2.03. The normalized spacial score (nSPS) is 10.2. The van der Waals surface area contributed by atoms with E-state index in [0.717, 1.165) is 18.4 Å². The zero-order chi connectivity index (χ0) is 8.81. The Morgan fingerprint density at radius 3 is 2.92 bits per heavy atom. The summed E-state index contributed by atoms with van der Waals surface area (Å²) in [5.41, 5.74) is 3.62. The molecule has 0 aliphatic rings. The third-order valence-electron chi connectivity index (χ3n) is 1.77. The van der Waals surface area contributed by atoms with Gasteiger partial charge in [-0.25, -0.2) is 0 Å². The largest absolute Gasteiger partial charge is 0.307 e. The van der Waals surface area contributed by atoms with Crippen LogP contribution in [0.1, 0.15) is 11.1 Å². The molecule has 0 bridgehead atoms. The number of hydrogen-bond acceptors (Lipinski definition) is 1. The van der Waals surface area contributed by atoms with E-state index in [1.54, 1.807) is 0 Å². The molecule has 0 aliphatic heterocycles. The SMILES string of the molecule is Cc1cccc(CCNCBr)c1. The van der Waals surface area contributed by atoms with Gasteiger partial charge in [-0.3, -0.25) is 0 Å². The van der Waals surface area contributed by atoms with Crippen molar-refractivity contribution in [1.29, 1.82) is 0 Å². The minimum Gasteiger partial charge on any atom is -0.307 e. The van der Waals surface area contributed by atoms with Crippen LogP contribution < -0.4 is 5.32 Å². The van der Waals surface area contributed by atoms with E-state index < -0.39 is 0 Å². The van der Waals surface area contributed by atoms with E-state index >= 15 is 0 Å². The first-order chi connectivity index (χ1) is 5.83. The molecule has 0 saturated heterocycles. The average molecular weight is 228 g/mol. The van der Waals surface area contributed by atoms with Crippen molar-refractivity contribution < 1.29 is 0 Å². The molecular weight excluding hydrogens is 214 g/mol. The summed E-state index contributed by atoms with van der Waals surface area (Å²) in [5, 5.41) is 3.23. The van der Waals surface area contributed by atoms with Crippen LogP contribution in [0.25, 0.3) is 0 Å². The molecule has 12 heavy (non-hydrogen) atoms. The van der Waals surface area contributed by atoms with Gasteiger partial charge in [0.05, 0.1) is 5.45 Å². The Bertz CT molecular complexity index is 235. The lowest BCUT2D eigenvalue weighted by molar-refractivity contribution is 0.778. The van der Waals surface area contributed by atoms with E-state index in [-0.39, 0.29) is 0 Å². The maximum absolute atomic E-state index is 3.33. The molecule has 1 nitrogen and oxygen atoms in total. The van der Waals surface area contributed by atoms with Gasteiger partial charge in [-0.05, 0) is 25.5 Å². The minimum atomic E-state index is 0.874. The highest BCUT2D eigenvalue weighted by atomic mass is 79.9. The van der Waals surface area contributed by atoms with E-state index in [1.165, 1.54) is 11.1 Å². The summed E-state index contributed by atoms with van der Waals surface area (Å²) in [6.07, 6.45) is 1.10. The van der Waals surface area contributed by atoms with Crippen molar-refractivity contribution in [3.8, 4) is 0 Å². The number of halogens is 1. The molecule has 1 aromatic rings. The third-order valence-corrected chi connectivity index (χ3v) is 2.16. The Balaban J connectivity index is 2.41. The number of alkyl halides is 1. The van der Waals surface area contributed by atoms with Crippen molar-refractivity contribution in [2.45, 2.75) is 13.3 Å². The Morgan fingerprint density at radius 2 is 2.25 bits per heavy atom. The summed E-state index contributed by atoms with van der Waals surface area (Å²) in [6.45, 7) is 3.16. The Hall–Kier alpha value is -0.340. The van der Waals surface area contributed by atoms with Gasteiger partial charge in [-0.1, -0.05) is 45.8 Å². The first kappa shape index (κ1) is 9.75. The van der Waals surface area contributed by atoms with Gasteiger partial charge in [-0.15, -0.1) is 0 Å². The fourth-order valence-corrected chi connectivity index (χ4v) is 1.45. The Kier molecular flexibility index (Phi) is 4.33. The fourth-order valence-electron chi connectivity index (χ4n) is 1.17. The summed E-state index contributed by atoms with van der Waals surface area (Å²) in [7, 11) is 0. The summed E-state index contributed by atoms with van der Waals surface area (Å²) >= 11 is 3.33. The molecule has 2 heteroatoms. The first-order valence-corrected chi connectivity index (χ1v) is 5.27. The second-order valence-electron chi connectivity index (χ2n) is 2.87. The number of benzene rings is 1. The third kappa shape index (κ3) is 3.37. The molecule has 0 amide bonds. The standard InChI is InChI=1S/C10H14BrN/c1-9-3-2-4-10(7-9)5-6-12-8-11/h2-4,7,12H,5-6,8H2,1H3. The fraction of sp³-hybridized carbons (Fsp3) is 0.400. The predicted molar refractivity (Wildman–Crippen MR) is 56.7 cm³/mol. The molecular formula is C10H14BrN. The molecule has 0 aliphatic carbocycles. The molecule has 1 aromatic carbocycles. The number of hydrogen-bond donors (Lipinski definition) is 1. The van der Waals surface area contributed by atoms with Crippen LogP contribution in [0.15, 0.2) is 24.3 Å².